The summed E-state index contributed by atoms with van der Waals surface area (Å²) in [5.41, 5.74) is 2.07. The maximum absolute atomic E-state index is 10.8. The van der Waals surface area contributed by atoms with E-state index in [1.807, 2.05) is 18.7 Å². The highest BCUT2D eigenvalue weighted by Crippen LogP contribution is 2.38. The molecule has 0 saturated carbocycles. The van der Waals surface area contributed by atoms with Crippen LogP contribution in [-0.4, -0.2) is 22.0 Å². The molecule has 1 aromatic rings. The number of nitro benzene ring substituents is 1. The Hall–Kier alpha value is -1.23. The number of nitrogens with zero attached hydrogens (tertiary/aromatic N) is 1. The van der Waals surface area contributed by atoms with Gasteiger partial charge in [-0.25, -0.2) is 0 Å². The Morgan fingerprint density at radius 2 is 2.33 bits per heavy atom. The summed E-state index contributed by atoms with van der Waals surface area (Å²) in [6, 6.07) is 4.97. The Bertz CT molecular complexity index is 456. The molecule has 0 aromatic heterocycles. The van der Waals surface area contributed by atoms with E-state index in [1.54, 1.807) is 18.2 Å². The average Bonchev–Trinajstić information content (AvgIpc) is 2.75. The van der Waals surface area contributed by atoms with Crippen LogP contribution in [0.5, 0.6) is 0 Å². The van der Waals surface area contributed by atoms with Gasteiger partial charge in [-0.05, 0) is 38.0 Å². The molecule has 98 valence electrons. The van der Waals surface area contributed by atoms with Crippen molar-refractivity contribution < 1.29 is 4.92 Å². The van der Waals surface area contributed by atoms with Crippen molar-refractivity contribution in [3.8, 4) is 0 Å². The Morgan fingerprint density at radius 1 is 1.56 bits per heavy atom. The molecule has 1 aliphatic rings. The van der Waals surface area contributed by atoms with E-state index >= 15 is 0 Å². The monoisotopic (exact) mass is 266 g/mol. The van der Waals surface area contributed by atoms with Gasteiger partial charge in [0.2, 0.25) is 0 Å². The minimum atomic E-state index is -0.351. The van der Waals surface area contributed by atoms with E-state index in [9.17, 15) is 10.1 Å². The largest absolute Gasteiger partial charge is 0.383 e. The SMILES string of the molecule is Cc1ccc([N+](=O)[O-])cc1NCC1(C)CCCS1. The van der Waals surface area contributed by atoms with Gasteiger partial charge in [-0.3, -0.25) is 10.1 Å². The lowest BCUT2D eigenvalue weighted by Gasteiger charge is -2.24. The van der Waals surface area contributed by atoms with Crippen molar-refractivity contribution in [2.45, 2.75) is 31.4 Å². The van der Waals surface area contributed by atoms with Gasteiger partial charge >= 0.3 is 0 Å². The van der Waals surface area contributed by atoms with Gasteiger partial charge in [0.1, 0.15) is 0 Å². The Kier molecular flexibility index (Phi) is 3.80. The van der Waals surface area contributed by atoms with Gasteiger partial charge in [-0.15, -0.1) is 0 Å². The molecule has 2 rings (SSSR count). The third-order valence-electron chi connectivity index (χ3n) is 3.39. The van der Waals surface area contributed by atoms with Crippen molar-refractivity contribution >= 4 is 23.1 Å². The summed E-state index contributed by atoms with van der Waals surface area (Å²) in [4.78, 5) is 10.4. The fourth-order valence-electron chi connectivity index (χ4n) is 2.17. The molecule has 1 heterocycles. The van der Waals surface area contributed by atoms with Crippen molar-refractivity contribution in [2.24, 2.45) is 0 Å². The number of aryl methyl sites for hydroxylation is 1. The highest BCUT2D eigenvalue weighted by molar-refractivity contribution is 8.00. The third-order valence-corrected chi connectivity index (χ3v) is 4.92. The molecule has 18 heavy (non-hydrogen) atoms. The van der Waals surface area contributed by atoms with E-state index in [1.165, 1.54) is 18.6 Å². The molecule has 0 aliphatic carbocycles. The molecule has 0 spiro atoms. The van der Waals surface area contributed by atoms with Gasteiger partial charge in [0.25, 0.3) is 5.69 Å². The highest BCUT2D eigenvalue weighted by atomic mass is 32.2. The van der Waals surface area contributed by atoms with E-state index in [-0.39, 0.29) is 15.4 Å². The van der Waals surface area contributed by atoms with Gasteiger partial charge in [0, 0.05) is 29.1 Å². The quantitative estimate of drug-likeness (QED) is 0.668. The van der Waals surface area contributed by atoms with Gasteiger partial charge < -0.3 is 5.32 Å². The van der Waals surface area contributed by atoms with Crippen LogP contribution >= 0.6 is 11.8 Å². The molecule has 1 fully saturated rings. The zero-order chi connectivity index (χ0) is 13.2. The van der Waals surface area contributed by atoms with Crippen molar-refractivity contribution in [1.82, 2.24) is 0 Å². The molecule has 1 saturated heterocycles. The molecular formula is C13H18N2O2S. The van der Waals surface area contributed by atoms with Crippen LogP contribution in [0.15, 0.2) is 18.2 Å². The summed E-state index contributed by atoms with van der Waals surface area (Å²) in [6.07, 6.45) is 2.47. The molecule has 4 nitrogen and oxygen atoms in total. The summed E-state index contributed by atoms with van der Waals surface area (Å²) in [5.74, 6) is 1.21. The van der Waals surface area contributed by atoms with Gasteiger partial charge in [0.05, 0.1) is 4.92 Å². The number of benzene rings is 1. The van der Waals surface area contributed by atoms with Crippen LogP contribution in [0.3, 0.4) is 0 Å². The van der Waals surface area contributed by atoms with Crippen molar-refractivity contribution in [3.05, 3.63) is 33.9 Å². The summed E-state index contributed by atoms with van der Waals surface area (Å²) >= 11 is 1.98. The van der Waals surface area contributed by atoms with Gasteiger partial charge in [-0.1, -0.05) is 6.07 Å². The van der Waals surface area contributed by atoms with E-state index in [2.05, 4.69) is 12.2 Å². The molecule has 0 bridgehead atoms. The van der Waals surface area contributed by atoms with Crippen LogP contribution in [0.1, 0.15) is 25.3 Å². The normalized spacial score (nSPS) is 23.0. The number of hydrogen-bond donors (Lipinski definition) is 1. The van der Waals surface area contributed by atoms with Gasteiger partial charge in [-0.2, -0.15) is 11.8 Å². The topological polar surface area (TPSA) is 55.2 Å². The first-order valence-electron chi connectivity index (χ1n) is 6.13. The molecular weight excluding hydrogens is 248 g/mol. The van der Waals surface area contributed by atoms with Crippen LogP contribution in [0.4, 0.5) is 11.4 Å². The van der Waals surface area contributed by atoms with E-state index in [4.69, 9.17) is 0 Å². The molecule has 1 aromatic carbocycles. The number of hydrogen-bond acceptors (Lipinski definition) is 4. The van der Waals surface area contributed by atoms with E-state index < -0.39 is 0 Å². The fourth-order valence-corrected chi connectivity index (χ4v) is 3.42. The first-order chi connectivity index (χ1) is 8.50. The van der Waals surface area contributed by atoms with Crippen molar-refractivity contribution in [3.63, 3.8) is 0 Å². The number of thioether (sulfide) groups is 1. The highest BCUT2D eigenvalue weighted by Gasteiger charge is 2.29. The first kappa shape index (κ1) is 13.2. The summed E-state index contributed by atoms with van der Waals surface area (Å²) in [6.45, 7) is 5.08. The minimum Gasteiger partial charge on any atom is -0.383 e. The molecule has 0 radical (unpaired) electrons. The average molecular weight is 266 g/mol. The second-order valence-electron chi connectivity index (χ2n) is 5.01. The second-order valence-corrected chi connectivity index (χ2v) is 6.69. The summed E-state index contributed by atoms with van der Waals surface area (Å²) in [7, 11) is 0. The zero-order valence-corrected chi connectivity index (χ0v) is 11.5. The molecule has 1 aliphatic heterocycles. The van der Waals surface area contributed by atoms with Crippen LogP contribution in [0.2, 0.25) is 0 Å². The van der Waals surface area contributed by atoms with Crippen LogP contribution in [0.25, 0.3) is 0 Å². The van der Waals surface area contributed by atoms with E-state index in [0.717, 1.165) is 17.8 Å². The standard InChI is InChI=1S/C13H18N2O2S/c1-10-4-5-11(15(16)17)8-12(10)14-9-13(2)6-3-7-18-13/h4-5,8,14H,3,6-7,9H2,1-2H3. The van der Waals surface area contributed by atoms with Gasteiger partial charge in [0.15, 0.2) is 0 Å². The maximum Gasteiger partial charge on any atom is 0.271 e. The second kappa shape index (κ2) is 5.18. The fraction of sp³-hybridized carbons (Fsp3) is 0.538. The van der Waals surface area contributed by atoms with Crippen LogP contribution in [-0.2, 0) is 0 Å². The number of nitrogens with one attached hydrogen (secondary N) is 1. The summed E-state index contributed by atoms with van der Waals surface area (Å²) < 4.78 is 0.261. The molecule has 1 unspecified atom stereocenters. The Morgan fingerprint density at radius 3 is 2.94 bits per heavy atom. The number of anilines is 1. The molecule has 1 atom stereocenters. The zero-order valence-electron chi connectivity index (χ0n) is 10.7. The lowest BCUT2D eigenvalue weighted by molar-refractivity contribution is -0.384. The van der Waals surface area contributed by atoms with Crippen molar-refractivity contribution in [2.75, 3.05) is 17.6 Å². The Balaban J connectivity index is 2.08. The van der Waals surface area contributed by atoms with Crippen LogP contribution in [0, 0.1) is 17.0 Å². The number of non-ortho nitro benzene ring substituents is 1. The lowest BCUT2D eigenvalue weighted by Crippen LogP contribution is -2.27. The van der Waals surface area contributed by atoms with Crippen LogP contribution < -0.4 is 5.32 Å². The minimum absolute atomic E-state index is 0.146. The molecule has 5 heteroatoms. The predicted octanol–water partition coefficient (Wildman–Crippen LogP) is 3.60. The molecule has 0 amide bonds. The third kappa shape index (κ3) is 2.96. The summed E-state index contributed by atoms with van der Waals surface area (Å²) in [5, 5.41) is 14.1. The smallest absolute Gasteiger partial charge is 0.271 e. The lowest BCUT2D eigenvalue weighted by atomic mass is 10.1. The number of nitro groups is 1. The van der Waals surface area contributed by atoms with E-state index in [0.29, 0.717) is 0 Å². The Labute approximate surface area is 111 Å². The first-order valence-corrected chi connectivity index (χ1v) is 7.12. The predicted molar refractivity (Wildman–Crippen MR) is 76.4 cm³/mol. The maximum atomic E-state index is 10.8. The van der Waals surface area contributed by atoms with Crippen molar-refractivity contribution in [1.29, 1.82) is 0 Å². The number of rotatable bonds is 4. The molecule has 1 N–H and O–H groups in total.